The Kier molecular flexibility index (Phi) is 1.54. The number of pyridine rings is 1. The highest BCUT2D eigenvalue weighted by molar-refractivity contribution is 5.51. The van der Waals surface area contributed by atoms with Crippen LogP contribution < -0.4 is 4.90 Å². The van der Waals surface area contributed by atoms with Crippen molar-refractivity contribution in [1.29, 1.82) is 0 Å². The van der Waals surface area contributed by atoms with Crippen molar-refractivity contribution in [3.05, 3.63) is 24.4 Å². The first kappa shape index (κ1) is 7.36. The molecule has 0 spiro atoms. The Hall–Kier alpha value is -1.05. The summed E-state index contributed by atoms with van der Waals surface area (Å²) in [6, 6.07) is 7.83. The van der Waals surface area contributed by atoms with E-state index in [1.165, 1.54) is 31.5 Å². The predicted molar refractivity (Wildman–Crippen MR) is 52.8 cm³/mol. The van der Waals surface area contributed by atoms with Crippen LogP contribution in [0.1, 0.15) is 25.7 Å². The molecule has 1 saturated heterocycles. The van der Waals surface area contributed by atoms with Gasteiger partial charge in [0.1, 0.15) is 5.82 Å². The van der Waals surface area contributed by atoms with Crippen LogP contribution in [0.4, 0.5) is 5.82 Å². The second-order valence-corrected chi connectivity index (χ2v) is 4.01. The number of nitrogens with zero attached hydrogens (tertiary/aromatic N) is 2. The highest BCUT2D eigenvalue weighted by Gasteiger charge is 2.48. The summed E-state index contributed by atoms with van der Waals surface area (Å²) in [6.07, 6.45) is 7.46. The molecule has 1 saturated carbocycles. The van der Waals surface area contributed by atoms with Crippen LogP contribution in [0.25, 0.3) is 0 Å². The number of anilines is 1. The average molecular weight is 174 g/mol. The molecule has 68 valence electrons. The van der Waals surface area contributed by atoms with Gasteiger partial charge in [-0.05, 0) is 25.0 Å². The first-order valence-corrected chi connectivity index (χ1v) is 5.16. The van der Waals surface area contributed by atoms with E-state index in [4.69, 9.17) is 0 Å². The zero-order chi connectivity index (χ0) is 8.67. The van der Waals surface area contributed by atoms with Gasteiger partial charge < -0.3 is 4.90 Å². The molecule has 1 aliphatic heterocycles. The molecule has 13 heavy (non-hydrogen) atoms. The Bertz CT molecular complexity index is 284. The second kappa shape index (κ2) is 2.72. The van der Waals surface area contributed by atoms with Crippen LogP contribution in [-0.2, 0) is 0 Å². The Labute approximate surface area is 78.6 Å². The molecule has 0 amide bonds. The van der Waals surface area contributed by atoms with Crippen molar-refractivity contribution < 1.29 is 0 Å². The summed E-state index contributed by atoms with van der Waals surface area (Å²) in [5.74, 6) is 1.18. The summed E-state index contributed by atoms with van der Waals surface area (Å²) in [5, 5.41) is 0. The third-order valence-electron chi connectivity index (χ3n) is 3.23. The van der Waals surface area contributed by atoms with Gasteiger partial charge in [0.15, 0.2) is 0 Å². The molecule has 1 aliphatic carbocycles. The van der Waals surface area contributed by atoms with E-state index in [1.54, 1.807) is 0 Å². The van der Waals surface area contributed by atoms with Crippen LogP contribution in [0.15, 0.2) is 24.4 Å². The van der Waals surface area contributed by atoms with Crippen molar-refractivity contribution in [3.8, 4) is 0 Å². The summed E-state index contributed by atoms with van der Waals surface area (Å²) in [5.41, 5.74) is 0. The maximum atomic E-state index is 4.39. The number of rotatable bonds is 1. The van der Waals surface area contributed by atoms with Gasteiger partial charge in [0, 0.05) is 6.20 Å². The molecule has 0 radical (unpaired) electrons. The minimum Gasteiger partial charge on any atom is -0.347 e. The Morgan fingerprint density at radius 1 is 1.15 bits per heavy atom. The fraction of sp³-hybridized carbons (Fsp3) is 0.545. The molecular formula is C11H14N2. The summed E-state index contributed by atoms with van der Waals surface area (Å²) in [6.45, 7) is 0. The lowest BCUT2D eigenvalue weighted by atomic mass is 10.0. The number of hydrogen-bond acceptors (Lipinski definition) is 2. The first-order chi connectivity index (χ1) is 6.47. The van der Waals surface area contributed by atoms with Gasteiger partial charge in [-0.1, -0.05) is 18.9 Å². The molecule has 3 rings (SSSR count). The van der Waals surface area contributed by atoms with E-state index in [0.29, 0.717) is 0 Å². The van der Waals surface area contributed by atoms with Crippen molar-refractivity contribution in [1.82, 2.24) is 4.98 Å². The van der Waals surface area contributed by atoms with E-state index in [-0.39, 0.29) is 0 Å². The van der Waals surface area contributed by atoms with Crippen LogP contribution in [0.3, 0.4) is 0 Å². The minimum atomic E-state index is 0.823. The number of hydrogen-bond donors (Lipinski definition) is 0. The Morgan fingerprint density at radius 2 is 1.92 bits per heavy atom. The molecule has 2 heterocycles. The van der Waals surface area contributed by atoms with Crippen LogP contribution in [0.5, 0.6) is 0 Å². The van der Waals surface area contributed by atoms with E-state index in [9.17, 15) is 0 Å². The van der Waals surface area contributed by atoms with Crippen molar-refractivity contribution in [3.63, 3.8) is 0 Å². The Balaban J connectivity index is 1.82. The number of fused-ring (bicyclic) bond motifs is 1. The maximum Gasteiger partial charge on any atom is 0.129 e. The molecular weight excluding hydrogens is 160 g/mol. The van der Waals surface area contributed by atoms with Gasteiger partial charge >= 0.3 is 0 Å². The van der Waals surface area contributed by atoms with Crippen LogP contribution in [-0.4, -0.2) is 17.1 Å². The molecule has 2 nitrogen and oxygen atoms in total. The van der Waals surface area contributed by atoms with Gasteiger partial charge in [-0.3, -0.25) is 0 Å². The lowest BCUT2D eigenvalue weighted by Crippen LogP contribution is -2.00. The van der Waals surface area contributed by atoms with Gasteiger partial charge in [0.2, 0.25) is 0 Å². The topological polar surface area (TPSA) is 15.9 Å². The third kappa shape index (κ3) is 1.12. The standard InChI is InChI=1S/C11H14N2/c1-2-6-10-9(5-1)13(10)11-7-3-4-8-12-11/h3-4,7-10H,1-2,5-6H2/t9-,10+,13?. The summed E-state index contributed by atoms with van der Waals surface area (Å²) >= 11 is 0. The molecule has 0 unspecified atom stereocenters. The fourth-order valence-electron chi connectivity index (χ4n) is 2.55. The molecule has 2 heteroatoms. The minimum absolute atomic E-state index is 0.823. The maximum absolute atomic E-state index is 4.39. The van der Waals surface area contributed by atoms with Gasteiger partial charge in [0.25, 0.3) is 0 Å². The largest absolute Gasteiger partial charge is 0.347 e. The average Bonchev–Trinajstić information content (AvgIpc) is 2.93. The summed E-state index contributed by atoms with van der Waals surface area (Å²) in [7, 11) is 0. The van der Waals surface area contributed by atoms with E-state index >= 15 is 0 Å². The zero-order valence-electron chi connectivity index (χ0n) is 7.69. The molecule has 1 aromatic heterocycles. The van der Waals surface area contributed by atoms with Crippen molar-refractivity contribution in [2.45, 2.75) is 37.8 Å². The van der Waals surface area contributed by atoms with Gasteiger partial charge in [-0.15, -0.1) is 0 Å². The number of aromatic nitrogens is 1. The molecule has 0 bridgehead atoms. The third-order valence-corrected chi connectivity index (χ3v) is 3.23. The first-order valence-electron chi connectivity index (χ1n) is 5.16. The van der Waals surface area contributed by atoms with Crippen molar-refractivity contribution >= 4 is 5.82 Å². The quantitative estimate of drug-likeness (QED) is 0.607. The zero-order valence-corrected chi connectivity index (χ0v) is 7.69. The Morgan fingerprint density at radius 3 is 2.54 bits per heavy atom. The smallest absolute Gasteiger partial charge is 0.129 e. The van der Waals surface area contributed by atoms with Gasteiger partial charge in [-0.25, -0.2) is 4.98 Å². The second-order valence-electron chi connectivity index (χ2n) is 4.01. The molecule has 0 aromatic carbocycles. The monoisotopic (exact) mass is 174 g/mol. The molecule has 0 N–H and O–H groups in total. The van der Waals surface area contributed by atoms with Crippen LogP contribution in [0.2, 0.25) is 0 Å². The SMILES string of the molecule is c1ccc(N2[C@@H]3CCCC[C@@H]32)nc1. The van der Waals surface area contributed by atoms with E-state index in [1.807, 2.05) is 12.3 Å². The molecule has 2 atom stereocenters. The van der Waals surface area contributed by atoms with Crippen LogP contribution >= 0.6 is 0 Å². The van der Waals surface area contributed by atoms with Crippen molar-refractivity contribution in [2.24, 2.45) is 0 Å². The lowest BCUT2D eigenvalue weighted by Gasteiger charge is -2.01. The van der Waals surface area contributed by atoms with Gasteiger partial charge in [0.05, 0.1) is 12.1 Å². The molecule has 1 aromatic rings. The van der Waals surface area contributed by atoms with Crippen LogP contribution in [0, 0.1) is 0 Å². The lowest BCUT2D eigenvalue weighted by molar-refractivity contribution is 0.571. The predicted octanol–water partition coefficient (Wildman–Crippen LogP) is 2.21. The van der Waals surface area contributed by atoms with Gasteiger partial charge in [-0.2, -0.15) is 0 Å². The summed E-state index contributed by atoms with van der Waals surface area (Å²) < 4.78 is 0. The molecule has 2 aliphatic rings. The normalized spacial score (nSPS) is 31.2. The highest BCUT2D eigenvalue weighted by atomic mass is 15.4. The van der Waals surface area contributed by atoms with E-state index < -0.39 is 0 Å². The fourth-order valence-corrected chi connectivity index (χ4v) is 2.55. The molecule has 2 fully saturated rings. The van der Waals surface area contributed by atoms with E-state index in [2.05, 4.69) is 22.0 Å². The van der Waals surface area contributed by atoms with E-state index in [0.717, 1.165) is 12.1 Å². The van der Waals surface area contributed by atoms with Crippen molar-refractivity contribution in [2.75, 3.05) is 4.90 Å². The highest BCUT2D eigenvalue weighted by Crippen LogP contribution is 2.42. The summed E-state index contributed by atoms with van der Waals surface area (Å²) in [4.78, 5) is 6.87.